The Hall–Kier alpha value is -7.08. The highest BCUT2D eigenvalue weighted by Crippen LogP contribution is 2.54. The molecule has 12 nitrogen and oxygen atoms in total. The Morgan fingerprint density at radius 2 is 0.875 bits per heavy atom. The van der Waals surface area contributed by atoms with E-state index in [1.54, 1.807) is 86.6 Å². The first-order valence-electron chi connectivity index (χ1n) is 17.9. The van der Waals surface area contributed by atoms with Crippen LogP contribution in [-0.4, -0.2) is 54.9 Å². The number of benzene rings is 6. The maximum Gasteiger partial charge on any atom is 0.271 e. The van der Waals surface area contributed by atoms with Crippen LogP contribution in [-0.2, 0) is 0 Å². The van der Waals surface area contributed by atoms with Gasteiger partial charge in [-0.15, -0.1) is 0 Å². The predicted molar refractivity (Wildman–Crippen MR) is 218 cm³/mol. The van der Waals surface area contributed by atoms with Crippen molar-refractivity contribution in [3.8, 4) is 45.6 Å². The smallest absolute Gasteiger partial charge is 0.271 e. The Bertz CT molecular complexity index is 2420. The Morgan fingerprint density at radius 1 is 0.536 bits per heavy atom. The first-order valence-corrected chi connectivity index (χ1v) is 17.9. The fraction of sp³-hybridized carbons (Fsp3) is 0.182. The predicted octanol–water partition coefficient (Wildman–Crippen LogP) is 8.29. The third-order valence-corrected chi connectivity index (χ3v) is 9.78. The highest BCUT2D eigenvalue weighted by molar-refractivity contribution is 6.15. The molecule has 6 aromatic carbocycles. The van der Waals surface area contributed by atoms with Crippen molar-refractivity contribution < 1.29 is 40.2 Å². The van der Waals surface area contributed by atoms with Crippen LogP contribution in [0.25, 0.3) is 32.7 Å². The molecule has 286 valence electrons. The molecule has 0 aliphatic carbocycles. The summed E-state index contributed by atoms with van der Waals surface area (Å²) in [6, 6.07) is 20.1. The van der Waals surface area contributed by atoms with E-state index in [0.29, 0.717) is 44.2 Å². The molecule has 56 heavy (non-hydrogen) atoms. The van der Waals surface area contributed by atoms with Crippen molar-refractivity contribution in [2.75, 3.05) is 0 Å². The lowest BCUT2D eigenvalue weighted by Crippen LogP contribution is -2.17. The second-order valence-electron chi connectivity index (χ2n) is 14.2. The van der Waals surface area contributed by atoms with Gasteiger partial charge in [0, 0.05) is 44.2 Å². The maximum atomic E-state index is 12.8. The van der Waals surface area contributed by atoms with E-state index < -0.39 is 34.8 Å². The Labute approximate surface area is 322 Å². The molecule has 0 spiro atoms. The van der Waals surface area contributed by atoms with E-state index in [2.05, 4.69) is 21.1 Å². The summed E-state index contributed by atoms with van der Waals surface area (Å²) < 4.78 is 0. The van der Waals surface area contributed by atoms with Gasteiger partial charge in [0.05, 0.1) is 23.6 Å². The van der Waals surface area contributed by atoms with E-state index in [4.69, 9.17) is 0 Å². The van der Waals surface area contributed by atoms with Gasteiger partial charge < -0.3 is 30.6 Å². The van der Waals surface area contributed by atoms with Gasteiger partial charge in [-0.25, -0.2) is 10.9 Å². The largest absolute Gasteiger partial charge is 0.507 e. The zero-order valence-electron chi connectivity index (χ0n) is 31.6. The van der Waals surface area contributed by atoms with E-state index >= 15 is 0 Å². The number of rotatable bonds is 9. The van der Waals surface area contributed by atoms with Crippen LogP contribution in [0, 0.1) is 13.8 Å². The highest BCUT2D eigenvalue weighted by atomic mass is 16.3. The van der Waals surface area contributed by atoms with E-state index in [-0.39, 0.29) is 56.4 Å². The topological polar surface area (TPSA) is 204 Å². The molecule has 0 radical (unpaired) electrons. The van der Waals surface area contributed by atoms with Gasteiger partial charge in [-0.1, -0.05) is 76.2 Å². The van der Waals surface area contributed by atoms with Crippen LogP contribution in [0.3, 0.4) is 0 Å². The van der Waals surface area contributed by atoms with E-state index in [9.17, 15) is 40.2 Å². The first-order chi connectivity index (χ1) is 26.6. The van der Waals surface area contributed by atoms with Crippen molar-refractivity contribution in [2.45, 2.75) is 53.4 Å². The first kappa shape index (κ1) is 38.6. The van der Waals surface area contributed by atoms with Gasteiger partial charge in [-0.3, -0.25) is 9.59 Å². The molecule has 12 heteroatoms. The van der Waals surface area contributed by atoms with Gasteiger partial charge in [-0.05, 0) is 71.8 Å². The molecule has 0 fully saturated rings. The third-order valence-electron chi connectivity index (χ3n) is 9.78. The molecule has 2 amide bonds. The number of fused-ring (bicyclic) bond motifs is 2. The number of hydrogen-bond donors (Lipinski definition) is 8. The SMILES string of the molecule is Cc1cc2c(C(C)C)c(O)c(O)c(/C=N\NC(=O)c3ccccc3)c2c(O)c1-c1c(C)cc2c(C(C)C)c(O)c(O)c(/C=N\NC(=O)c3ccccc3)c2c1O. The quantitative estimate of drug-likeness (QED) is 0.0409. The van der Waals surface area contributed by atoms with Gasteiger partial charge in [0.15, 0.2) is 23.0 Å². The van der Waals surface area contributed by atoms with Crippen molar-refractivity contribution >= 4 is 45.8 Å². The highest BCUT2D eigenvalue weighted by Gasteiger charge is 2.29. The molecule has 0 aliphatic heterocycles. The lowest BCUT2D eigenvalue weighted by atomic mass is 9.83. The van der Waals surface area contributed by atoms with Crippen molar-refractivity contribution in [3.05, 3.63) is 117 Å². The summed E-state index contributed by atoms with van der Waals surface area (Å²) in [5, 5.41) is 78.9. The molecular formula is C44H42N4O8. The molecular weight excluding hydrogens is 713 g/mol. The second kappa shape index (κ2) is 15.3. The fourth-order valence-corrected chi connectivity index (χ4v) is 7.24. The van der Waals surface area contributed by atoms with Gasteiger partial charge in [0.25, 0.3) is 11.8 Å². The number of aryl methyl sites for hydroxylation is 2. The van der Waals surface area contributed by atoms with Gasteiger partial charge in [-0.2, -0.15) is 10.2 Å². The van der Waals surface area contributed by atoms with Crippen LogP contribution < -0.4 is 10.9 Å². The minimum atomic E-state index is -0.582. The van der Waals surface area contributed by atoms with E-state index in [1.165, 1.54) is 0 Å². The summed E-state index contributed by atoms with van der Waals surface area (Å²) in [5.41, 5.74) is 7.29. The monoisotopic (exact) mass is 754 g/mol. The van der Waals surface area contributed by atoms with Gasteiger partial charge in [0.2, 0.25) is 0 Å². The van der Waals surface area contributed by atoms with Crippen LogP contribution in [0.15, 0.2) is 83.0 Å². The summed E-state index contributed by atoms with van der Waals surface area (Å²) >= 11 is 0. The summed E-state index contributed by atoms with van der Waals surface area (Å²) in [7, 11) is 0. The molecule has 0 atom stereocenters. The number of hydrazone groups is 2. The number of amides is 2. The normalized spacial score (nSPS) is 11.8. The van der Waals surface area contributed by atoms with Crippen LogP contribution in [0.5, 0.6) is 34.5 Å². The Kier molecular flexibility index (Phi) is 10.6. The van der Waals surface area contributed by atoms with E-state index in [1.807, 2.05) is 27.7 Å². The molecule has 0 aliphatic rings. The lowest BCUT2D eigenvalue weighted by Gasteiger charge is -2.23. The molecule has 6 rings (SSSR count). The molecule has 0 aromatic heterocycles. The molecule has 0 unspecified atom stereocenters. The van der Waals surface area contributed by atoms with Crippen molar-refractivity contribution in [3.63, 3.8) is 0 Å². The number of carbonyl (C=O) groups excluding carboxylic acids is 2. The molecule has 0 bridgehead atoms. The van der Waals surface area contributed by atoms with Crippen molar-refractivity contribution in [1.82, 2.24) is 10.9 Å². The number of hydrogen-bond acceptors (Lipinski definition) is 10. The van der Waals surface area contributed by atoms with Crippen LogP contribution in [0.4, 0.5) is 0 Å². The zero-order valence-corrected chi connectivity index (χ0v) is 31.6. The summed E-state index contributed by atoms with van der Waals surface area (Å²) in [6.45, 7) is 10.7. The second-order valence-corrected chi connectivity index (χ2v) is 14.2. The number of phenolic OH excluding ortho intramolecular Hbond substituents is 6. The standard InChI is InChI=1S/C44H42N4O8/c1-21(2)31-27-17-23(5)33(39(51)35(27)29(37(49)41(31)53)19-45-47-43(55)25-13-9-7-10-14-25)34-24(6)18-28-32(22(3)4)42(54)38(50)30(36(28)40(34)52)20-46-48-44(56)26-15-11-8-12-16-26/h7-22,49-54H,1-6H3,(H,47,55)(H,48,56)/b45-19-,46-20-. The molecule has 8 N–H and O–H groups in total. The lowest BCUT2D eigenvalue weighted by molar-refractivity contribution is 0.0947. The van der Waals surface area contributed by atoms with Crippen molar-refractivity contribution in [2.24, 2.45) is 10.2 Å². The molecule has 0 saturated carbocycles. The average molecular weight is 755 g/mol. The molecule has 0 heterocycles. The summed E-state index contributed by atoms with van der Waals surface area (Å²) in [4.78, 5) is 25.5. The van der Waals surface area contributed by atoms with Gasteiger partial charge >= 0.3 is 0 Å². The minimum Gasteiger partial charge on any atom is -0.507 e. The summed E-state index contributed by atoms with van der Waals surface area (Å²) in [5.74, 6) is -4.43. The van der Waals surface area contributed by atoms with Crippen LogP contribution in [0.2, 0.25) is 0 Å². The number of aromatic hydroxyl groups is 6. The van der Waals surface area contributed by atoms with Crippen LogP contribution >= 0.6 is 0 Å². The number of phenols is 6. The van der Waals surface area contributed by atoms with E-state index in [0.717, 1.165) is 12.4 Å². The average Bonchev–Trinajstić information content (AvgIpc) is 3.16. The number of nitrogens with zero attached hydrogens (tertiary/aromatic N) is 2. The molecule has 0 saturated heterocycles. The Balaban J connectivity index is 1.61. The number of nitrogens with one attached hydrogen (secondary N) is 2. The third kappa shape index (κ3) is 6.77. The van der Waals surface area contributed by atoms with Crippen molar-refractivity contribution in [1.29, 1.82) is 0 Å². The van der Waals surface area contributed by atoms with Gasteiger partial charge in [0.1, 0.15) is 11.5 Å². The summed E-state index contributed by atoms with van der Waals surface area (Å²) in [6.07, 6.45) is 2.25. The minimum absolute atomic E-state index is 0.0861. The molecule has 6 aromatic rings. The fourth-order valence-electron chi connectivity index (χ4n) is 7.24. The maximum absolute atomic E-state index is 12.8. The zero-order chi connectivity index (χ0) is 40.6. The Morgan fingerprint density at radius 3 is 1.20 bits per heavy atom. The van der Waals surface area contributed by atoms with Crippen LogP contribution in [0.1, 0.15) is 93.6 Å². The number of carbonyl (C=O) groups is 2.